The molecule has 0 bridgehead atoms. The zero-order valence-corrected chi connectivity index (χ0v) is 27.8. The summed E-state index contributed by atoms with van der Waals surface area (Å²) in [5.74, 6) is 0.418. The first-order chi connectivity index (χ1) is 32.6. The molecule has 252 valence electrons. The van der Waals surface area contributed by atoms with Crippen LogP contribution in [-0.4, -0.2) is 24.5 Å². The van der Waals surface area contributed by atoms with Crippen LogP contribution in [0.1, 0.15) is 19.2 Å². The first kappa shape index (κ1) is 19.4. The maximum Gasteiger partial charge on any atom is 0.166 e. The Bertz CT molecular complexity index is 4050. The van der Waals surface area contributed by atoms with E-state index in [1.165, 1.54) is 10.6 Å². The Labute approximate surface area is 329 Å². The molecule has 11 rings (SSSR count). The van der Waals surface area contributed by atoms with Crippen LogP contribution in [0.25, 0.3) is 106 Å². The number of para-hydroxylation sites is 5. The molecule has 0 amide bonds. The number of fused-ring (bicyclic) bond motifs is 7. The van der Waals surface area contributed by atoms with Crippen LogP contribution in [0, 0.1) is 0 Å². The molecule has 0 radical (unpaired) electrons. The molecule has 0 spiro atoms. The molecule has 7 aromatic carbocycles. The van der Waals surface area contributed by atoms with Crippen LogP contribution in [0.4, 0.5) is 0 Å². The fourth-order valence-corrected chi connectivity index (χ4v) is 6.96. The van der Waals surface area contributed by atoms with E-state index in [4.69, 9.17) is 38.6 Å². The number of aromatic nitrogens is 5. The third kappa shape index (κ3) is 4.74. The van der Waals surface area contributed by atoms with Crippen molar-refractivity contribution in [3.05, 3.63) is 176 Å². The summed E-state index contributed by atoms with van der Waals surface area (Å²) in [6.45, 7) is 0. The Balaban J connectivity index is 1.20. The number of hydrogen-bond donors (Lipinski definition) is 0. The van der Waals surface area contributed by atoms with E-state index in [2.05, 4.69) is 4.98 Å². The number of furan rings is 1. The summed E-state index contributed by atoms with van der Waals surface area (Å²) in [4.78, 5) is 19.6. The molecule has 6 heteroatoms. The van der Waals surface area contributed by atoms with E-state index in [0.717, 1.165) is 0 Å². The van der Waals surface area contributed by atoms with Gasteiger partial charge in [-0.05, 0) is 54.0 Å². The van der Waals surface area contributed by atoms with Gasteiger partial charge < -0.3 is 8.98 Å². The second kappa shape index (κ2) is 12.1. The molecule has 0 atom stereocenters. The Morgan fingerprint density at radius 3 is 2.15 bits per heavy atom. The molecule has 4 heterocycles. The summed E-state index contributed by atoms with van der Waals surface area (Å²) in [5.41, 5.74) is 2.40. The normalized spacial score (nSPS) is 15.3. The first-order valence-corrected chi connectivity index (χ1v) is 16.8. The number of pyridine rings is 1. The van der Waals surface area contributed by atoms with Crippen LogP contribution < -0.4 is 0 Å². The van der Waals surface area contributed by atoms with Crippen LogP contribution in [0.3, 0.4) is 0 Å². The predicted octanol–water partition coefficient (Wildman–Crippen LogP) is 12.1. The van der Waals surface area contributed by atoms with Crippen LogP contribution in [-0.2, 0) is 0 Å². The van der Waals surface area contributed by atoms with Gasteiger partial charge in [-0.15, -0.1) is 0 Å². The van der Waals surface area contributed by atoms with Gasteiger partial charge in [-0.1, -0.05) is 121 Å². The van der Waals surface area contributed by atoms with Crippen LogP contribution >= 0.6 is 0 Å². The molecule has 0 aliphatic carbocycles. The summed E-state index contributed by atoms with van der Waals surface area (Å²) in [6.07, 6.45) is 1.66. The zero-order chi connectivity index (χ0) is 47.8. The van der Waals surface area contributed by atoms with Crippen molar-refractivity contribution in [3.63, 3.8) is 0 Å². The summed E-state index contributed by atoms with van der Waals surface area (Å²) in [7, 11) is 0. The minimum absolute atomic E-state index is 0.0103. The largest absolute Gasteiger partial charge is 0.455 e. The molecule has 11 aromatic rings. The quantitative estimate of drug-likeness (QED) is 0.178. The van der Waals surface area contributed by atoms with E-state index < -0.39 is 60.4 Å². The Kier molecular flexibility index (Phi) is 4.34. The summed E-state index contributed by atoms with van der Waals surface area (Å²) in [6, 6.07) is 17.9. The van der Waals surface area contributed by atoms with E-state index in [1.807, 2.05) is 24.3 Å². The molecule has 0 aliphatic rings. The number of hydrogen-bond acceptors (Lipinski definition) is 5. The van der Waals surface area contributed by atoms with Gasteiger partial charge in [-0.2, -0.15) is 0 Å². The average molecular weight is 706 g/mol. The van der Waals surface area contributed by atoms with Gasteiger partial charge in [0.05, 0.1) is 41.4 Å². The van der Waals surface area contributed by atoms with Gasteiger partial charge in [0.25, 0.3) is 0 Å². The van der Waals surface area contributed by atoms with Gasteiger partial charge in [-0.25, -0.2) is 15.0 Å². The van der Waals surface area contributed by atoms with Crippen LogP contribution in [0.15, 0.2) is 180 Å². The first-order valence-electron chi connectivity index (χ1n) is 23.8. The van der Waals surface area contributed by atoms with Crippen LogP contribution in [0.2, 0.25) is 0 Å². The molecule has 0 N–H and O–H groups in total. The number of nitrogens with zero attached hydrogens (tertiary/aromatic N) is 5. The number of benzene rings is 7. The highest BCUT2D eigenvalue weighted by Gasteiger charge is 2.20. The lowest BCUT2D eigenvalue weighted by Gasteiger charge is -2.15. The Hall–Kier alpha value is -7.44. The lowest BCUT2D eigenvalue weighted by Crippen LogP contribution is -2.04. The van der Waals surface area contributed by atoms with E-state index in [9.17, 15) is 0 Å². The minimum atomic E-state index is -0.537. The second-order valence-corrected chi connectivity index (χ2v) is 12.4. The highest BCUT2D eigenvalue weighted by Crippen LogP contribution is 2.39. The predicted molar refractivity (Wildman–Crippen MR) is 218 cm³/mol. The monoisotopic (exact) mass is 705 g/mol. The molecule has 6 nitrogen and oxygen atoms in total. The maximum atomic E-state index is 9.13. The zero-order valence-electron chi connectivity index (χ0n) is 41.8. The fraction of sp³-hybridized carbons (Fsp3) is 0. The third-order valence-electron chi connectivity index (χ3n) is 9.33. The highest BCUT2D eigenvalue weighted by atomic mass is 16.3. The molecule has 54 heavy (non-hydrogen) atoms. The van der Waals surface area contributed by atoms with E-state index in [1.54, 1.807) is 60.8 Å². The molecule has 0 unspecified atom stereocenters. The van der Waals surface area contributed by atoms with Crippen molar-refractivity contribution in [1.82, 2.24) is 24.5 Å². The van der Waals surface area contributed by atoms with E-state index in [0.29, 0.717) is 38.8 Å². The van der Waals surface area contributed by atoms with Crippen molar-refractivity contribution in [2.24, 2.45) is 0 Å². The van der Waals surface area contributed by atoms with Crippen molar-refractivity contribution < 1.29 is 23.6 Å². The molecule has 0 fully saturated rings. The van der Waals surface area contributed by atoms with Crippen molar-refractivity contribution in [1.29, 1.82) is 0 Å². The fourth-order valence-electron chi connectivity index (χ4n) is 6.96. The van der Waals surface area contributed by atoms with Gasteiger partial charge >= 0.3 is 0 Å². The van der Waals surface area contributed by atoms with Gasteiger partial charge in [0.2, 0.25) is 0 Å². The summed E-state index contributed by atoms with van der Waals surface area (Å²) in [5, 5.41) is 0.584. The Morgan fingerprint density at radius 2 is 1.20 bits per heavy atom. The summed E-state index contributed by atoms with van der Waals surface area (Å²) < 4.78 is 130. The van der Waals surface area contributed by atoms with Crippen molar-refractivity contribution in [2.75, 3.05) is 0 Å². The smallest absolute Gasteiger partial charge is 0.166 e. The minimum Gasteiger partial charge on any atom is -0.455 e. The Morgan fingerprint density at radius 1 is 0.481 bits per heavy atom. The molecule has 0 saturated heterocycles. The van der Waals surface area contributed by atoms with Gasteiger partial charge in [-0.3, -0.25) is 4.98 Å². The molecular formula is C48H29N5O. The molecular weight excluding hydrogens is 663 g/mol. The lowest BCUT2D eigenvalue weighted by molar-refractivity contribution is 0.670. The second-order valence-electron chi connectivity index (χ2n) is 12.4. The SMILES string of the molecule is [2H]c1cc([2H])c2c(c1[2H])c1c([2H])c([2H])c([2H])c([2H])c1n2-c1ccccc1-c1nc(-c2cccc(-c3c([2H])c([2H])c([2H])c4c3oc3c([2H])c([2H])c([2H])c([2H])c34)c2)nc(-c2cccc3ncccc23)n1. The average Bonchev–Trinajstić information content (AvgIpc) is 3.93. The topological polar surface area (TPSA) is 69.6 Å². The molecule has 0 aliphatic heterocycles. The standard InChI is InChI=1S/C48H29N5O/c1-5-24-41-34(15-1)35-16-2-6-25-42(35)53(41)43-26-7-3-18-39(43)48-51-46(50-47(52-48)38-21-11-23-40-33(38)22-12-28-49-40)31-14-9-13-30(29-31)32-19-10-20-37-36-17-4-8-27-44(36)54-45(32)37/h1-29H/i1D,2D,4D,5D,8D,10D,15D,16D,17D,19D,20D,24D,25D,27D. The van der Waals surface area contributed by atoms with E-state index in [-0.39, 0.29) is 91.0 Å². The maximum absolute atomic E-state index is 9.13. The number of rotatable bonds is 5. The van der Waals surface area contributed by atoms with Crippen LogP contribution in [0.5, 0.6) is 0 Å². The van der Waals surface area contributed by atoms with Crippen molar-refractivity contribution in [3.8, 4) is 51.0 Å². The van der Waals surface area contributed by atoms with Gasteiger partial charge in [0, 0.05) is 55.4 Å². The highest BCUT2D eigenvalue weighted by molar-refractivity contribution is 6.10. The lowest BCUT2D eigenvalue weighted by atomic mass is 10.00. The summed E-state index contributed by atoms with van der Waals surface area (Å²) >= 11 is 0. The molecule has 4 aromatic heterocycles. The van der Waals surface area contributed by atoms with Crippen molar-refractivity contribution in [2.45, 2.75) is 0 Å². The van der Waals surface area contributed by atoms with E-state index >= 15 is 0 Å². The van der Waals surface area contributed by atoms with Gasteiger partial charge in [0.1, 0.15) is 11.2 Å². The third-order valence-corrected chi connectivity index (χ3v) is 9.33. The van der Waals surface area contributed by atoms with Crippen molar-refractivity contribution >= 4 is 54.6 Å². The molecule has 0 saturated carbocycles. The van der Waals surface area contributed by atoms with Gasteiger partial charge in [0.15, 0.2) is 17.5 Å².